The van der Waals surface area contributed by atoms with Gasteiger partial charge in [-0.05, 0) is 153 Å². The number of aliphatic hydroxyl groups is 3. The van der Waals surface area contributed by atoms with Gasteiger partial charge in [0.1, 0.15) is 107 Å². The van der Waals surface area contributed by atoms with Crippen molar-refractivity contribution in [1.82, 2.24) is 52.8 Å². The summed E-state index contributed by atoms with van der Waals surface area (Å²) < 4.78 is 37.8. The summed E-state index contributed by atoms with van der Waals surface area (Å²) in [5, 5.41) is 118. The number of aliphatic hydroxyl groups excluding tert-OH is 3. The van der Waals surface area contributed by atoms with Gasteiger partial charge < -0.3 is 122 Å². The predicted molar refractivity (Wildman–Crippen MR) is 424 cm³/mol. The van der Waals surface area contributed by atoms with Crippen molar-refractivity contribution in [2.24, 2.45) is 5.92 Å². The van der Waals surface area contributed by atoms with E-state index in [1.165, 1.54) is 61.6 Å². The van der Waals surface area contributed by atoms with E-state index in [2.05, 4.69) is 61.7 Å². The number of halogens is 2. The first kappa shape index (κ1) is 85.7. The standard InChI is InChI=1S/C83H92Cl2N10O23/c1-38(2)14-11-9-7-8-10-12-15-60(101)89-69-71(103)72(104)74(82(112)113-6)118-83(69)117-73-58-32-43-33-59(73)116-56-25-20-42(30-50(56)84)70(102)68-81(111)93-66(76(106)87-26-13-27-95(4)5)48-34-44(96)35-54(99)61(48)47-29-40(18-23-52(47)97)64(78(108)94-68)90-79(109)65(43)91-80(110)67-49-36-46(37-55(100)62(49)85)115-57-31-41(19-24-53(57)98)63(86-3)77(107)88-51(75(105)92-67)28-39-16-21-45(114-58)22-17-39/h16-25,29-38,51,63-72,74,83,86,96-100,102-104H,7-15,26-28H2,1-6H3,(H,87,106)(H,88,107)(H,89,101)(H,90,109)(H,91,110)(H,92,105)(H,93,111)(H,94,108)/t51-,63-,64-,65-,66-,67+,68+,69-,70-,71-,72+,74+,83-/m1/s1. The van der Waals surface area contributed by atoms with Gasteiger partial charge in [-0.3, -0.25) is 38.4 Å². The smallest absolute Gasteiger partial charge is 0.337 e. The lowest BCUT2D eigenvalue weighted by atomic mass is 9.89. The van der Waals surface area contributed by atoms with Crippen LogP contribution in [-0.2, 0) is 59.0 Å². The molecule has 0 unspecified atom stereocenters. The Morgan fingerprint density at radius 2 is 1.23 bits per heavy atom. The Hall–Kier alpha value is -11.7. The van der Waals surface area contributed by atoms with Crippen LogP contribution in [0.1, 0.15) is 147 Å². The minimum Gasteiger partial charge on any atom is -0.508 e. The fraction of sp³-hybridized carbons (Fsp3) is 0.386. The van der Waals surface area contributed by atoms with Crippen LogP contribution >= 0.6 is 23.2 Å². The topological polar surface area (TPSA) is 482 Å². The van der Waals surface area contributed by atoms with E-state index < -0.39 is 205 Å². The molecule has 7 aliphatic rings. The first-order valence-corrected chi connectivity index (χ1v) is 39.1. The molecule has 33 nitrogen and oxygen atoms in total. The first-order chi connectivity index (χ1) is 56.4. The lowest BCUT2D eigenvalue weighted by Gasteiger charge is -2.41. The third kappa shape index (κ3) is 19.4. The Morgan fingerprint density at radius 1 is 0.585 bits per heavy atom. The molecule has 7 aromatic carbocycles. The fourth-order valence-corrected chi connectivity index (χ4v) is 15.1. The van der Waals surface area contributed by atoms with Crippen LogP contribution in [0.25, 0.3) is 11.1 Å². The van der Waals surface area contributed by atoms with Crippen LogP contribution in [0.3, 0.4) is 0 Å². The molecule has 35 heteroatoms. The van der Waals surface area contributed by atoms with E-state index in [4.69, 9.17) is 51.6 Å². The van der Waals surface area contributed by atoms with Crippen molar-refractivity contribution < 1.29 is 112 Å². The summed E-state index contributed by atoms with van der Waals surface area (Å²) in [5.74, 6) is -15.6. The maximum absolute atomic E-state index is 16.6. The summed E-state index contributed by atoms with van der Waals surface area (Å²) in [4.78, 5) is 139. The van der Waals surface area contributed by atoms with Crippen LogP contribution in [0.2, 0.25) is 10.0 Å². The number of fused-ring (bicyclic) bond motifs is 14. The number of amides is 8. The fourth-order valence-electron chi connectivity index (χ4n) is 14.7. The van der Waals surface area contributed by atoms with Gasteiger partial charge in [0.25, 0.3) is 0 Å². The Labute approximate surface area is 687 Å². The molecule has 626 valence electrons. The number of carbonyl (C=O) groups excluding carboxylic acids is 9. The minimum absolute atomic E-state index is 0.00534. The van der Waals surface area contributed by atoms with E-state index in [0.29, 0.717) is 37.3 Å². The molecule has 1 saturated heterocycles. The summed E-state index contributed by atoms with van der Waals surface area (Å²) >= 11 is 14.3. The molecule has 7 heterocycles. The SMILES string of the molecule is CN[C@H]1C(=O)N[C@@H]2Cc3ccc(cc3)Oc3cc4cc(c3O[C@@H]3O[C@H](C(=O)OC)[C@@H](O)[C@H](O)[C@H]3NC(=O)CCCCCCCCC(C)C)Oc3ccc(cc3Cl)[C@@H](O)[C@@H]3NC(=O)[C@H](NC(=O)[C@@H]4NC(=O)[C@@H](NC2=O)c2cc(cc(O)c2Cl)Oc2cc1ccc2O)c1ccc(O)c(c1)-c1c(O)cc(O)cc1[C@H](C(=O)NCCCN(C)C)NC3=O. The number of benzene rings is 7. The van der Waals surface area contributed by atoms with Crippen LogP contribution in [0, 0.1) is 5.92 Å². The number of phenols is 5. The highest BCUT2D eigenvalue weighted by atomic mass is 35.5. The molecule has 0 radical (unpaired) electrons. The monoisotopic (exact) mass is 1670 g/mol. The molecule has 14 rings (SSSR count). The molecule has 7 aliphatic heterocycles. The summed E-state index contributed by atoms with van der Waals surface area (Å²) in [7, 11) is 6.04. The second-order valence-corrected chi connectivity index (χ2v) is 30.9. The average Bonchev–Trinajstić information content (AvgIpc) is 0.774. The number of carbonyl (C=O) groups is 9. The quantitative estimate of drug-likeness (QED) is 0.0293. The number of nitrogens with one attached hydrogen (secondary N) is 9. The normalized spacial score (nSPS) is 23.1. The highest BCUT2D eigenvalue weighted by Crippen LogP contribution is 2.50. The van der Waals surface area contributed by atoms with E-state index in [9.17, 15) is 60.0 Å². The molecule has 8 amide bonds. The maximum Gasteiger partial charge on any atom is 0.337 e. The van der Waals surface area contributed by atoms with E-state index in [-0.39, 0.29) is 70.2 Å². The molecular weight excluding hydrogens is 1580 g/mol. The van der Waals surface area contributed by atoms with Crippen molar-refractivity contribution in [2.75, 3.05) is 41.3 Å². The van der Waals surface area contributed by atoms with Crippen LogP contribution < -0.4 is 66.8 Å². The van der Waals surface area contributed by atoms with Crippen molar-refractivity contribution in [3.8, 4) is 80.1 Å². The number of hydrogen-bond donors (Lipinski definition) is 17. The van der Waals surface area contributed by atoms with Gasteiger partial charge in [-0.15, -0.1) is 0 Å². The second-order valence-electron chi connectivity index (χ2n) is 30.1. The van der Waals surface area contributed by atoms with Gasteiger partial charge in [0.05, 0.1) is 17.2 Å². The number of unbranched alkanes of at least 4 members (excludes halogenated alkanes) is 5. The zero-order chi connectivity index (χ0) is 84.7. The van der Waals surface area contributed by atoms with Gasteiger partial charge in [0.2, 0.25) is 59.3 Å². The van der Waals surface area contributed by atoms with Crippen molar-refractivity contribution in [3.05, 3.63) is 164 Å². The van der Waals surface area contributed by atoms with Gasteiger partial charge in [0, 0.05) is 48.2 Å². The van der Waals surface area contributed by atoms with Crippen molar-refractivity contribution >= 4 is 76.4 Å². The molecule has 0 aromatic heterocycles. The lowest BCUT2D eigenvalue weighted by Crippen LogP contribution is -2.66. The van der Waals surface area contributed by atoms with Crippen LogP contribution in [0.4, 0.5) is 0 Å². The van der Waals surface area contributed by atoms with E-state index in [0.717, 1.165) is 99.9 Å². The van der Waals surface area contributed by atoms with Gasteiger partial charge >= 0.3 is 5.97 Å². The Kier molecular flexibility index (Phi) is 27.1. The first-order valence-electron chi connectivity index (χ1n) is 38.4. The number of nitrogens with zero attached hydrogens (tertiary/aromatic N) is 1. The number of methoxy groups -OCH3 is 1. The van der Waals surface area contributed by atoms with Gasteiger partial charge in [-0.2, -0.15) is 0 Å². The van der Waals surface area contributed by atoms with Crippen LogP contribution in [-0.4, -0.2) is 183 Å². The molecule has 1 fully saturated rings. The molecule has 17 bridgehead atoms. The number of hydrogen-bond acceptors (Lipinski definition) is 25. The summed E-state index contributed by atoms with van der Waals surface area (Å²) in [5.41, 5.74) is -1.97. The summed E-state index contributed by atoms with van der Waals surface area (Å²) in [6.07, 6.45) is -4.66. The molecule has 17 N–H and O–H groups in total. The average molecular weight is 1670 g/mol. The zero-order valence-corrected chi connectivity index (χ0v) is 66.5. The van der Waals surface area contributed by atoms with Crippen LogP contribution in [0.15, 0.2) is 115 Å². The van der Waals surface area contributed by atoms with Crippen LogP contribution in [0.5, 0.6) is 69.0 Å². The summed E-state index contributed by atoms with van der Waals surface area (Å²) in [6, 6.07) is 7.29. The molecule has 13 atom stereocenters. The van der Waals surface area contributed by atoms with Crippen molar-refractivity contribution in [3.63, 3.8) is 0 Å². The third-order valence-corrected chi connectivity index (χ3v) is 21.6. The van der Waals surface area contributed by atoms with Gasteiger partial charge in [-0.25, -0.2) is 4.79 Å². The van der Waals surface area contributed by atoms with E-state index in [1.54, 1.807) is 14.1 Å². The molecule has 118 heavy (non-hydrogen) atoms. The van der Waals surface area contributed by atoms with E-state index in [1.807, 2.05) is 4.90 Å². The molecule has 0 spiro atoms. The molecule has 0 saturated carbocycles. The highest BCUT2D eigenvalue weighted by molar-refractivity contribution is 6.33. The largest absolute Gasteiger partial charge is 0.508 e. The van der Waals surface area contributed by atoms with Gasteiger partial charge in [-0.1, -0.05) is 106 Å². The molecular formula is C83H92Cl2N10O23. The number of esters is 1. The highest BCUT2D eigenvalue weighted by Gasteiger charge is 2.51. The second kappa shape index (κ2) is 37.3. The Balaban J connectivity index is 1.09. The number of likely N-dealkylation sites (N-methyl/N-ethyl adjacent to an activating group) is 1. The third-order valence-electron chi connectivity index (χ3n) is 20.9. The number of phenolic OH excluding ortho intramolecular Hbond substituents is 5. The summed E-state index contributed by atoms with van der Waals surface area (Å²) in [6.45, 7) is 4.79. The predicted octanol–water partition coefficient (Wildman–Crippen LogP) is 6.78. The zero-order valence-electron chi connectivity index (χ0n) is 64.9. The van der Waals surface area contributed by atoms with Gasteiger partial charge in [0.15, 0.2) is 29.1 Å². The lowest BCUT2D eigenvalue weighted by molar-refractivity contribution is -0.242. The number of rotatable bonds is 19. The van der Waals surface area contributed by atoms with E-state index >= 15 is 24.0 Å². The maximum atomic E-state index is 16.6. The Bertz CT molecular complexity index is 5000. The molecule has 0 aliphatic carbocycles. The van der Waals surface area contributed by atoms with Crippen molar-refractivity contribution in [2.45, 2.75) is 157 Å². The van der Waals surface area contributed by atoms with Crippen molar-refractivity contribution in [1.29, 1.82) is 0 Å². The molecule has 7 aromatic rings. The Morgan fingerprint density at radius 3 is 1.93 bits per heavy atom. The number of aromatic hydroxyl groups is 5. The number of ether oxygens (including phenoxy) is 6. The minimum atomic E-state index is -2.35.